The average molecular weight is 461 g/mol. The van der Waals surface area contributed by atoms with Crippen molar-refractivity contribution in [2.45, 2.75) is 26.4 Å². The molecule has 0 fully saturated rings. The summed E-state index contributed by atoms with van der Waals surface area (Å²) in [5.74, 6) is -0.690. The maximum Gasteiger partial charge on any atom is 0.416 e. The number of aryl methyl sites for hydroxylation is 1. The number of benzene rings is 2. The monoisotopic (exact) mass is 461 g/mol. The van der Waals surface area contributed by atoms with Gasteiger partial charge >= 0.3 is 6.18 Å². The average Bonchev–Trinajstić information content (AvgIpc) is 3.28. The SMILES string of the molecule is CNC(=O)c1c(C)nn(-c2ccc(F)c3cc(Cc4cccc(C(F)(F)F)c4)sc23)c1C. The zero-order valence-electron chi connectivity index (χ0n) is 17.5. The molecule has 0 saturated carbocycles. The number of halogens is 4. The number of hydrogen-bond donors (Lipinski definition) is 1. The fourth-order valence-electron chi connectivity index (χ4n) is 3.77. The number of amides is 1. The molecule has 0 unspecified atom stereocenters. The number of thiophene rings is 1. The van der Waals surface area contributed by atoms with Crippen LogP contribution in [0.1, 0.15) is 37.7 Å². The van der Waals surface area contributed by atoms with Gasteiger partial charge in [0, 0.05) is 23.7 Å². The molecule has 4 rings (SSSR count). The highest BCUT2D eigenvalue weighted by Gasteiger charge is 2.30. The highest BCUT2D eigenvalue weighted by atomic mass is 32.1. The third-order valence-corrected chi connectivity index (χ3v) is 6.42. The topological polar surface area (TPSA) is 46.9 Å². The van der Waals surface area contributed by atoms with Crippen molar-refractivity contribution in [1.82, 2.24) is 15.1 Å². The summed E-state index contributed by atoms with van der Waals surface area (Å²) in [6.45, 7) is 3.49. The van der Waals surface area contributed by atoms with Crippen LogP contribution >= 0.6 is 11.3 Å². The molecule has 0 aliphatic rings. The van der Waals surface area contributed by atoms with Crippen molar-refractivity contribution < 1.29 is 22.4 Å². The number of alkyl halides is 3. The predicted molar refractivity (Wildman–Crippen MR) is 116 cm³/mol. The van der Waals surface area contributed by atoms with Crippen LogP contribution in [-0.4, -0.2) is 22.7 Å². The van der Waals surface area contributed by atoms with E-state index in [4.69, 9.17) is 0 Å². The molecule has 2 aromatic heterocycles. The standard InChI is InChI=1S/C23H19F4N3OS/c1-12-20(22(31)28-3)13(2)30(29-12)19-8-7-18(24)17-11-16(32-21(17)19)10-14-5-4-6-15(9-14)23(25,26)27/h4-9,11H,10H2,1-3H3,(H,28,31). The lowest BCUT2D eigenvalue weighted by Crippen LogP contribution is -2.19. The van der Waals surface area contributed by atoms with E-state index in [1.807, 2.05) is 0 Å². The van der Waals surface area contributed by atoms with Crippen LogP contribution in [0.2, 0.25) is 0 Å². The van der Waals surface area contributed by atoms with Crippen LogP contribution in [0.25, 0.3) is 15.8 Å². The van der Waals surface area contributed by atoms with Crippen LogP contribution in [0.5, 0.6) is 0 Å². The summed E-state index contributed by atoms with van der Waals surface area (Å²) in [7, 11) is 1.54. The first-order chi connectivity index (χ1) is 15.1. The van der Waals surface area contributed by atoms with Crippen LogP contribution < -0.4 is 5.32 Å². The minimum atomic E-state index is -4.42. The molecular weight excluding hydrogens is 442 g/mol. The summed E-state index contributed by atoms with van der Waals surface area (Å²) < 4.78 is 55.9. The highest BCUT2D eigenvalue weighted by molar-refractivity contribution is 7.19. The van der Waals surface area contributed by atoms with Crippen LogP contribution in [0.3, 0.4) is 0 Å². The van der Waals surface area contributed by atoms with E-state index in [9.17, 15) is 22.4 Å². The number of hydrogen-bond acceptors (Lipinski definition) is 3. The smallest absolute Gasteiger partial charge is 0.355 e. The molecule has 1 amide bonds. The van der Waals surface area contributed by atoms with Gasteiger partial charge in [0.15, 0.2) is 0 Å². The summed E-state index contributed by atoms with van der Waals surface area (Å²) in [5, 5.41) is 7.43. The Kier molecular flexibility index (Phi) is 5.54. The highest BCUT2D eigenvalue weighted by Crippen LogP contribution is 2.36. The number of carbonyl (C=O) groups is 1. The second-order valence-electron chi connectivity index (χ2n) is 7.43. The van der Waals surface area contributed by atoms with Crippen LogP contribution in [-0.2, 0) is 12.6 Å². The summed E-state index contributed by atoms with van der Waals surface area (Å²) in [6.07, 6.45) is -4.18. The predicted octanol–water partition coefficient (Wildman–Crippen LogP) is 5.81. The van der Waals surface area contributed by atoms with Crippen molar-refractivity contribution in [2.75, 3.05) is 7.05 Å². The minimum absolute atomic E-state index is 0.239. The molecule has 0 aliphatic heterocycles. The van der Waals surface area contributed by atoms with Gasteiger partial charge < -0.3 is 5.32 Å². The molecule has 0 aliphatic carbocycles. The number of nitrogens with zero attached hydrogens (tertiary/aromatic N) is 2. The summed E-state index contributed by atoms with van der Waals surface area (Å²) >= 11 is 1.30. The summed E-state index contributed by atoms with van der Waals surface area (Å²) in [4.78, 5) is 12.9. The molecule has 32 heavy (non-hydrogen) atoms. The molecule has 4 aromatic rings. The normalized spacial score (nSPS) is 11.8. The lowest BCUT2D eigenvalue weighted by Gasteiger charge is -2.08. The molecule has 4 nitrogen and oxygen atoms in total. The minimum Gasteiger partial charge on any atom is -0.355 e. The van der Waals surface area contributed by atoms with Gasteiger partial charge in [-0.15, -0.1) is 11.3 Å². The molecular formula is C23H19F4N3OS. The number of aromatic nitrogens is 2. The van der Waals surface area contributed by atoms with Crippen molar-refractivity contribution in [1.29, 1.82) is 0 Å². The number of rotatable bonds is 4. The van der Waals surface area contributed by atoms with E-state index in [2.05, 4.69) is 10.4 Å². The number of nitrogens with one attached hydrogen (secondary N) is 1. The largest absolute Gasteiger partial charge is 0.416 e. The number of carbonyl (C=O) groups excluding carboxylic acids is 1. The van der Waals surface area contributed by atoms with E-state index >= 15 is 0 Å². The Morgan fingerprint density at radius 3 is 2.59 bits per heavy atom. The lowest BCUT2D eigenvalue weighted by molar-refractivity contribution is -0.137. The van der Waals surface area contributed by atoms with Gasteiger partial charge in [0.05, 0.1) is 32.9 Å². The third kappa shape index (κ3) is 3.88. The Balaban J connectivity index is 1.79. The molecule has 2 aromatic carbocycles. The first-order valence-corrected chi connectivity index (χ1v) is 10.6. The van der Waals surface area contributed by atoms with Crippen molar-refractivity contribution in [3.8, 4) is 5.69 Å². The second-order valence-corrected chi connectivity index (χ2v) is 8.57. The molecule has 0 radical (unpaired) electrons. The van der Waals surface area contributed by atoms with E-state index < -0.39 is 17.6 Å². The molecule has 0 bridgehead atoms. The summed E-state index contributed by atoms with van der Waals surface area (Å²) in [5.41, 5.74) is 1.99. The maximum absolute atomic E-state index is 14.6. The summed E-state index contributed by atoms with van der Waals surface area (Å²) in [6, 6.07) is 9.70. The van der Waals surface area contributed by atoms with Crippen molar-refractivity contribution in [3.63, 3.8) is 0 Å². The van der Waals surface area contributed by atoms with E-state index in [0.29, 0.717) is 38.3 Å². The van der Waals surface area contributed by atoms with Crippen LogP contribution in [0.15, 0.2) is 42.5 Å². The van der Waals surface area contributed by atoms with Gasteiger partial charge in [0.2, 0.25) is 0 Å². The van der Waals surface area contributed by atoms with E-state index in [-0.39, 0.29) is 12.3 Å². The first kappa shape index (κ1) is 22.0. The van der Waals surface area contributed by atoms with Gasteiger partial charge in [-0.25, -0.2) is 9.07 Å². The van der Waals surface area contributed by atoms with Crippen molar-refractivity contribution in [2.24, 2.45) is 0 Å². The Morgan fingerprint density at radius 1 is 1.16 bits per heavy atom. The van der Waals surface area contributed by atoms with Gasteiger partial charge in [-0.3, -0.25) is 4.79 Å². The fourth-order valence-corrected chi connectivity index (χ4v) is 4.97. The van der Waals surface area contributed by atoms with E-state index in [1.54, 1.807) is 36.7 Å². The molecule has 1 N–H and O–H groups in total. The van der Waals surface area contributed by atoms with Crippen molar-refractivity contribution in [3.05, 3.63) is 81.2 Å². The van der Waals surface area contributed by atoms with Gasteiger partial charge in [-0.1, -0.05) is 18.2 Å². The molecule has 166 valence electrons. The quantitative estimate of drug-likeness (QED) is 0.390. The molecule has 2 heterocycles. The Hall–Kier alpha value is -3.20. The van der Waals surface area contributed by atoms with E-state index in [1.165, 1.54) is 30.5 Å². The second kappa shape index (κ2) is 8.05. The molecule has 0 atom stereocenters. The van der Waals surface area contributed by atoms with Gasteiger partial charge in [0.25, 0.3) is 5.91 Å². The van der Waals surface area contributed by atoms with Crippen molar-refractivity contribution >= 4 is 27.3 Å². The third-order valence-electron chi connectivity index (χ3n) is 5.27. The Morgan fingerprint density at radius 2 is 1.91 bits per heavy atom. The van der Waals surface area contributed by atoms with Gasteiger partial charge in [0.1, 0.15) is 5.82 Å². The molecule has 0 saturated heterocycles. The molecule has 9 heteroatoms. The lowest BCUT2D eigenvalue weighted by atomic mass is 10.1. The van der Waals surface area contributed by atoms with E-state index in [0.717, 1.165) is 17.0 Å². The Bertz CT molecular complexity index is 1340. The van der Waals surface area contributed by atoms with Crippen LogP contribution in [0, 0.1) is 19.7 Å². The zero-order valence-corrected chi connectivity index (χ0v) is 18.3. The first-order valence-electron chi connectivity index (χ1n) is 9.76. The van der Waals surface area contributed by atoms with Crippen LogP contribution in [0.4, 0.5) is 17.6 Å². The molecule has 0 spiro atoms. The number of fused-ring (bicyclic) bond motifs is 1. The van der Waals surface area contributed by atoms with Gasteiger partial charge in [-0.05, 0) is 43.7 Å². The Labute approximate surface area is 185 Å². The fraction of sp³-hybridized carbons (Fsp3) is 0.217. The van der Waals surface area contributed by atoms with Gasteiger partial charge in [-0.2, -0.15) is 18.3 Å². The zero-order chi connectivity index (χ0) is 23.2. The maximum atomic E-state index is 14.6.